The van der Waals surface area contributed by atoms with E-state index in [4.69, 9.17) is 5.11 Å². The number of methoxy groups -OCH3 is 4. The van der Waals surface area contributed by atoms with Crippen LogP contribution in [-0.4, -0.2) is 63.4 Å². The first-order valence-electron chi connectivity index (χ1n) is 7.67. The third-order valence-corrected chi connectivity index (χ3v) is 2.51. The Hall–Kier alpha value is -2.65. The van der Waals surface area contributed by atoms with E-state index in [-0.39, 0.29) is 44.0 Å². The highest BCUT2D eigenvalue weighted by Gasteiger charge is 2.05. The Balaban J connectivity index is -0.000000327. The molecule has 26 heavy (non-hydrogen) atoms. The minimum absolute atomic E-state index is 0.0865. The molecule has 0 fully saturated rings. The largest absolute Gasteiger partial charge is 0.481 e. The number of esters is 4. The molecule has 10 nitrogen and oxygen atoms in total. The highest BCUT2D eigenvalue weighted by atomic mass is 16.5. The van der Waals surface area contributed by atoms with Gasteiger partial charge in [-0.05, 0) is 6.42 Å². The van der Waals surface area contributed by atoms with Gasteiger partial charge in [0.15, 0.2) is 0 Å². The maximum atomic E-state index is 10.5. The number of hydrogen-bond donors (Lipinski definition) is 1. The molecule has 0 aromatic rings. The average Bonchev–Trinajstić information content (AvgIpc) is 2.65. The van der Waals surface area contributed by atoms with Crippen LogP contribution in [0.4, 0.5) is 0 Å². The van der Waals surface area contributed by atoms with Crippen molar-refractivity contribution >= 4 is 29.8 Å². The maximum absolute atomic E-state index is 10.5. The third-order valence-electron chi connectivity index (χ3n) is 2.51. The summed E-state index contributed by atoms with van der Waals surface area (Å²) in [4.78, 5) is 51.2. The summed E-state index contributed by atoms with van der Waals surface area (Å²) in [5.74, 6) is -2.14. The minimum atomic E-state index is -0.745. The molecule has 0 saturated heterocycles. The first-order valence-corrected chi connectivity index (χ1v) is 7.67. The van der Waals surface area contributed by atoms with Gasteiger partial charge in [-0.25, -0.2) is 0 Å². The zero-order valence-electron chi connectivity index (χ0n) is 15.9. The van der Waals surface area contributed by atoms with Gasteiger partial charge in [-0.15, -0.1) is 0 Å². The van der Waals surface area contributed by atoms with Crippen molar-refractivity contribution in [3.8, 4) is 0 Å². The summed E-state index contributed by atoms with van der Waals surface area (Å²) in [6.45, 7) is 1.60. The molecule has 0 aliphatic heterocycles. The highest BCUT2D eigenvalue weighted by molar-refractivity contribution is 5.77. The minimum Gasteiger partial charge on any atom is -0.481 e. The number of ether oxygens (including phenoxy) is 4. The topological polar surface area (TPSA) is 142 Å². The Morgan fingerprint density at radius 1 is 0.615 bits per heavy atom. The highest BCUT2D eigenvalue weighted by Crippen LogP contribution is 1.97. The number of carboxylic acids is 1. The number of carbonyl (C=O) groups excluding carboxylic acids is 4. The first-order chi connectivity index (χ1) is 12.2. The van der Waals surface area contributed by atoms with Gasteiger partial charge < -0.3 is 24.1 Å². The Morgan fingerprint density at radius 3 is 1.04 bits per heavy atom. The monoisotopic (exact) mass is 380 g/mol. The molecule has 152 valence electrons. The van der Waals surface area contributed by atoms with Crippen LogP contribution in [0.15, 0.2) is 0 Å². The second-order valence-corrected chi connectivity index (χ2v) is 4.41. The molecule has 0 radical (unpaired) electrons. The SMILES string of the molecule is CCC(=O)O.COC(=O)CCC(=O)OC.COC(=O)CCCC(=O)OC. The van der Waals surface area contributed by atoms with Crippen LogP contribution in [0.5, 0.6) is 0 Å². The van der Waals surface area contributed by atoms with Crippen LogP contribution in [0.3, 0.4) is 0 Å². The fourth-order valence-corrected chi connectivity index (χ4v) is 0.989. The Morgan fingerprint density at radius 2 is 0.846 bits per heavy atom. The molecule has 0 aromatic heterocycles. The predicted octanol–water partition coefficient (Wildman–Crippen LogP) is 1.10. The molecular weight excluding hydrogens is 352 g/mol. The molecule has 0 unspecified atom stereocenters. The van der Waals surface area contributed by atoms with Crippen LogP contribution in [0, 0.1) is 0 Å². The van der Waals surface area contributed by atoms with E-state index < -0.39 is 17.9 Å². The molecule has 0 aliphatic carbocycles. The Bertz CT molecular complexity index is 399. The van der Waals surface area contributed by atoms with Crippen LogP contribution >= 0.6 is 0 Å². The van der Waals surface area contributed by atoms with Gasteiger partial charge >= 0.3 is 29.8 Å². The van der Waals surface area contributed by atoms with Gasteiger partial charge in [0, 0.05) is 19.3 Å². The van der Waals surface area contributed by atoms with Gasteiger partial charge in [-0.1, -0.05) is 6.92 Å². The zero-order chi connectivity index (χ0) is 21.0. The lowest BCUT2D eigenvalue weighted by Gasteiger charge is -1.97. The zero-order valence-corrected chi connectivity index (χ0v) is 15.9. The molecular formula is C16H28O10. The molecule has 10 heteroatoms. The predicted molar refractivity (Wildman–Crippen MR) is 89.1 cm³/mol. The van der Waals surface area contributed by atoms with Crippen LogP contribution < -0.4 is 0 Å². The Labute approximate surface area is 152 Å². The summed E-state index contributed by atoms with van der Waals surface area (Å²) in [6.07, 6.45) is 1.42. The smallest absolute Gasteiger partial charge is 0.306 e. The number of aliphatic carboxylic acids is 1. The average molecular weight is 380 g/mol. The lowest BCUT2D eigenvalue weighted by Crippen LogP contribution is -2.06. The first kappa shape index (κ1) is 28.2. The summed E-state index contributed by atoms with van der Waals surface area (Å²) >= 11 is 0. The van der Waals surface area contributed by atoms with Crippen molar-refractivity contribution in [3.63, 3.8) is 0 Å². The van der Waals surface area contributed by atoms with Gasteiger partial charge in [-0.2, -0.15) is 0 Å². The number of rotatable bonds is 8. The van der Waals surface area contributed by atoms with Gasteiger partial charge in [0.1, 0.15) is 0 Å². The number of carboxylic acid groups (broad SMARTS) is 1. The molecule has 0 atom stereocenters. The second kappa shape index (κ2) is 20.4. The quantitative estimate of drug-likeness (QED) is 0.480. The Kier molecular flexibility index (Phi) is 22.1. The summed E-state index contributed by atoms with van der Waals surface area (Å²) in [6, 6.07) is 0. The molecule has 0 aromatic carbocycles. The fraction of sp³-hybridized carbons (Fsp3) is 0.688. The van der Waals surface area contributed by atoms with E-state index in [1.165, 1.54) is 28.4 Å². The van der Waals surface area contributed by atoms with Crippen molar-refractivity contribution < 1.29 is 48.0 Å². The van der Waals surface area contributed by atoms with Crippen molar-refractivity contribution in [2.75, 3.05) is 28.4 Å². The molecule has 0 spiro atoms. The summed E-state index contributed by atoms with van der Waals surface area (Å²) in [5, 5.41) is 7.72. The van der Waals surface area contributed by atoms with Crippen LogP contribution in [0.2, 0.25) is 0 Å². The maximum Gasteiger partial charge on any atom is 0.306 e. The summed E-state index contributed by atoms with van der Waals surface area (Å²) in [5.41, 5.74) is 0. The lowest BCUT2D eigenvalue weighted by molar-refractivity contribution is -0.147. The molecule has 0 bridgehead atoms. The van der Waals surface area contributed by atoms with E-state index in [9.17, 15) is 24.0 Å². The van der Waals surface area contributed by atoms with Crippen molar-refractivity contribution in [1.82, 2.24) is 0 Å². The lowest BCUT2D eigenvalue weighted by atomic mass is 10.2. The van der Waals surface area contributed by atoms with Gasteiger partial charge in [0.2, 0.25) is 0 Å². The van der Waals surface area contributed by atoms with Crippen molar-refractivity contribution in [2.24, 2.45) is 0 Å². The summed E-state index contributed by atoms with van der Waals surface area (Å²) < 4.78 is 17.3. The third kappa shape index (κ3) is 26.3. The molecule has 0 rings (SSSR count). The van der Waals surface area contributed by atoms with E-state index in [1.54, 1.807) is 6.92 Å². The molecule has 0 amide bonds. The van der Waals surface area contributed by atoms with Crippen LogP contribution in [0.25, 0.3) is 0 Å². The van der Waals surface area contributed by atoms with E-state index in [1.807, 2.05) is 0 Å². The summed E-state index contributed by atoms with van der Waals surface area (Å²) in [7, 11) is 5.19. The molecule has 1 N–H and O–H groups in total. The van der Waals surface area contributed by atoms with Gasteiger partial charge in [0.05, 0.1) is 41.3 Å². The van der Waals surface area contributed by atoms with E-state index in [2.05, 4.69) is 18.9 Å². The normalized spacial score (nSPS) is 8.50. The molecule has 0 aliphatic rings. The van der Waals surface area contributed by atoms with E-state index in [0.717, 1.165) is 0 Å². The van der Waals surface area contributed by atoms with E-state index >= 15 is 0 Å². The standard InChI is InChI=1S/C7H12O4.C6H10O4.C3H6O2/c1-10-6(8)4-3-5-7(9)11-2;1-9-5(7)3-4-6(8)10-2;1-2-3(4)5/h3-5H2,1-2H3;3-4H2,1-2H3;2H2,1H3,(H,4,5). The van der Waals surface area contributed by atoms with Crippen molar-refractivity contribution in [1.29, 1.82) is 0 Å². The second-order valence-electron chi connectivity index (χ2n) is 4.41. The van der Waals surface area contributed by atoms with E-state index in [0.29, 0.717) is 6.42 Å². The van der Waals surface area contributed by atoms with Gasteiger partial charge in [0.25, 0.3) is 0 Å². The van der Waals surface area contributed by atoms with Gasteiger partial charge in [-0.3, -0.25) is 24.0 Å². The number of carbonyl (C=O) groups is 5. The van der Waals surface area contributed by atoms with Crippen molar-refractivity contribution in [3.05, 3.63) is 0 Å². The number of hydrogen-bond acceptors (Lipinski definition) is 9. The van der Waals surface area contributed by atoms with Crippen LogP contribution in [0.1, 0.15) is 45.4 Å². The van der Waals surface area contributed by atoms with Crippen LogP contribution in [-0.2, 0) is 42.9 Å². The van der Waals surface area contributed by atoms with Crippen molar-refractivity contribution in [2.45, 2.75) is 45.4 Å². The molecule has 0 heterocycles. The fourth-order valence-electron chi connectivity index (χ4n) is 0.989. The molecule has 0 saturated carbocycles.